The second-order valence-corrected chi connectivity index (χ2v) is 7.88. The lowest BCUT2D eigenvalue weighted by atomic mass is 9.78. The van der Waals surface area contributed by atoms with Gasteiger partial charge in [-0.1, -0.05) is 0 Å². The Morgan fingerprint density at radius 1 is 1.07 bits per heavy atom. The largest absolute Gasteiger partial charge is 0.345 e. The molecule has 2 N–H and O–H groups in total. The fraction of sp³-hybridized carbons (Fsp3) is 0.450. The molecule has 2 aliphatic carbocycles. The Kier molecular flexibility index (Phi) is 4.56. The second kappa shape index (κ2) is 6.92. The number of halogens is 1. The third-order valence-electron chi connectivity index (χ3n) is 5.79. The molecule has 2 aromatic heterocycles. The first-order valence-corrected chi connectivity index (χ1v) is 9.45. The van der Waals surface area contributed by atoms with Crippen molar-refractivity contribution < 1.29 is 14.0 Å². The van der Waals surface area contributed by atoms with Gasteiger partial charge in [-0.25, -0.2) is 14.4 Å². The summed E-state index contributed by atoms with van der Waals surface area (Å²) in [6.07, 6.45) is 9.06. The molecule has 0 saturated heterocycles. The number of nitrogens with zero attached hydrogens (tertiary/aromatic N) is 3. The van der Waals surface area contributed by atoms with Crippen LogP contribution in [0.15, 0.2) is 30.7 Å². The van der Waals surface area contributed by atoms with E-state index in [1.54, 1.807) is 13.1 Å². The Bertz CT molecular complexity index is 936. The molecule has 0 radical (unpaired) electrons. The van der Waals surface area contributed by atoms with Gasteiger partial charge in [-0.15, -0.1) is 0 Å². The lowest BCUT2D eigenvalue weighted by molar-refractivity contribution is 0.0824. The van der Waals surface area contributed by atoms with Crippen LogP contribution in [0.1, 0.15) is 65.2 Å². The number of fused-ring (bicyclic) bond motifs is 2. The molecule has 2 bridgehead atoms. The number of rotatable bonds is 4. The molecule has 2 fully saturated rings. The van der Waals surface area contributed by atoms with Crippen molar-refractivity contribution in [2.45, 2.75) is 56.5 Å². The monoisotopic (exact) mass is 383 g/mol. The zero-order chi connectivity index (χ0) is 19.8. The van der Waals surface area contributed by atoms with Crippen molar-refractivity contribution in [3.8, 4) is 0 Å². The summed E-state index contributed by atoms with van der Waals surface area (Å²) in [5.41, 5.74) is -0.0723. The third kappa shape index (κ3) is 3.46. The number of hydrogen-bond donors (Lipinski definition) is 2. The highest BCUT2D eigenvalue weighted by atomic mass is 19.1. The van der Waals surface area contributed by atoms with E-state index in [9.17, 15) is 14.0 Å². The van der Waals surface area contributed by atoms with Gasteiger partial charge in [0.25, 0.3) is 11.8 Å². The highest BCUT2D eigenvalue weighted by molar-refractivity contribution is 5.93. The van der Waals surface area contributed by atoms with E-state index < -0.39 is 22.8 Å². The molecule has 2 amide bonds. The first kappa shape index (κ1) is 18.5. The smallest absolute Gasteiger partial charge is 0.273 e. The van der Waals surface area contributed by atoms with E-state index in [1.165, 1.54) is 24.5 Å². The second-order valence-electron chi connectivity index (χ2n) is 7.88. The minimum absolute atomic E-state index is 0.195. The molecule has 2 aliphatic rings. The highest BCUT2D eigenvalue weighted by Gasteiger charge is 2.52. The van der Waals surface area contributed by atoms with Crippen LogP contribution in [0.3, 0.4) is 0 Å². The molecule has 7 nitrogen and oxygen atoms in total. The van der Waals surface area contributed by atoms with Crippen LogP contribution in [0.2, 0.25) is 0 Å². The molecule has 2 saturated carbocycles. The molecule has 2 aromatic rings. The van der Waals surface area contributed by atoms with Gasteiger partial charge >= 0.3 is 0 Å². The lowest BCUT2D eigenvalue weighted by Gasteiger charge is -2.40. The maximum atomic E-state index is 13.9. The zero-order valence-corrected chi connectivity index (χ0v) is 15.7. The van der Waals surface area contributed by atoms with Crippen molar-refractivity contribution in [3.63, 3.8) is 0 Å². The minimum Gasteiger partial charge on any atom is -0.345 e. The van der Waals surface area contributed by atoms with E-state index in [4.69, 9.17) is 0 Å². The summed E-state index contributed by atoms with van der Waals surface area (Å²) < 4.78 is 13.9. The van der Waals surface area contributed by atoms with Crippen molar-refractivity contribution in [2.24, 2.45) is 0 Å². The molecule has 2 atom stereocenters. The number of aromatic nitrogens is 3. The van der Waals surface area contributed by atoms with E-state index in [1.807, 2.05) is 0 Å². The van der Waals surface area contributed by atoms with Crippen LogP contribution in [0, 0.1) is 12.7 Å². The summed E-state index contributed by atoms with van der Waals surface area (Å²) in [5.74, 6) is -1.40. The van der Waals surface area contributed by atoms with Crippen molar-refractivity contribution >= 4 is 11.8 Å². The van der Waals surface area contributed by atoms with Crippen LogP contribution in [0.25, 0.3) is 0 Å². The van der Waals surface area contributed by atoms with Crippen LogP contribution in [0.4, 0.5) is 4.39 Å². The van der Waals surface area contributed by atoms with Gasteiger partial charge in [0.1, 0.15) is 5.69 Å². The first-order chi connectivity index (χ1) is 13.4. The summed E-state index contributed by atoms with van der Waals surface area (Å²) >= 11 is 0. The molecular weight excluding hydrogens is 361 g/mol. The van der Waals surface area contributed by atoms with Crippen LogP contribution in [-0.2, 0) is 0 Å². The number of amides is 2. The van der Waals surface area contributed by atoms with Crippen molar-refractivity contribution in [1.82, 2.24) is 25.6 Å². The first-order valence-electron chi connectivity index (χ1n) is 9.45. The van der Waals surface area contributed by atoms with Gasteiger partial charge in [0, 0.05) is 23.5 Å². The molecule has 146 valence electrons. The zero-order valence-electron chi connectivity index (χ0n) is 15.7. The summed E-state index contributed by atoms with van der Waals surface area (Å²) in [5, 5.41) is 6.14. The Morgan fingerprint density at radius 2 is 1.79 bits per heavy atom. The highest BCUT2D eigenvalue weighted by Crippen LogP contribution is 2.48. The maximum Gasteiger partial charge on any atom is 0.273 e. The fourth-order valence-electron chi connectivity index (χ4n) is 4.56. The van der Waals surface area contributed by atoms with Crippen LogP contribution < -0.4 is 10.6 Å². The maximum absolute atomic E-state index is 13.9. The number of nitrogens with one attached hydrogen (secondary N) is 2. The molecule has 4 rings (SSSR count). The van der Waals surface area contributed by atoms with Crippen molar-refractivity contribution in [3.05, 3.63) is 53.6 Å². The normalized spacial score (nSPS) is 25.9. The van der Waals surface area contributed by atoms with Crippen LogP contribution >= 0.6 is 0 Å². The average molecular weight is 383 g/mol. The quantitative estimate of drug-likeness (QED) is 0.845. The van der Waals surface area contributed by atoms with E-state index >= 15 is 0 Å². The molecule has 8 heteroatoms. The van der Waals surface area contributed by atoms with E-state index in [2.05, 4.69) is 25.6 Å². The third-order valence-corrected chi connectivity index (χ3v) is 5.79. The minimum atomic E-state index is -0.636. The predicted octanol–water partition coefficient (Wildman–Crippen LogP) is 2.32. The van der Waals surface area contributed by atoms with Gasteiger partial charge in [0.15, 0.2) is 11.5 Å². The molecule has 2 heterocycles. The molecule has 0 unspecified atom stereocenters. The predicted molar refractivity (Wildman–Crippen MR) is 99.1 cm³/mol. The number of aryl methyl sites for hydroxylation is 1. The molecule has 0 aromatic carbocycles. The van der Waals surface area contributed by atoms with Gasteiger partial charge in [-0.2, -0.15) is 0 Å². The van der Waals surface area contributed by atoms with Crippen LogP contribution in [0.5, 0.6) is 0 Å². The fourth-order valence-corrected chi connectivity index (χ4v) is 4.56. The Morgan fingerprint density at radius 3 is 2.46 bits per heavy atom. The molecule has 0 aliphatic heterocycles. The van der Waals surface area contributed by atoms with E-state index in [0.717, 1.165) is 32.1 Å². The van der Waals surface area contributed by atoms with Gasteiger partial charge in [-0.3, -0.25) is 14.6 Å². The number of hydrogen-bond acceptors (Lipinski definition) is 5. The summed E-state index contributed by atoms with van der Waals surface area (Å²) in [6, 6.07) is 2.68. The van der Waals surface area contributed by atoms with Gasteiger partial charge in [0.05, 0.1) is 11.9 Å². The Labute approximate surface area is 162 Å². The van der Waals surface area contributed by atoms with Crippen molar-refractivity contribution in [1.29, 1.82) is 0 Å². The molecule has 0 spiro atoms. The summed E-state index contributed by atoms with van der Waals surface area (Å²) in [6.45, 7) is 1.79. The van der Waals surface area contributed by atoms with Gasteiger partial charge < -0.3 is 10.6 Å². The Hall–Kier alpha value is -2.90. The average Bonchev–Trinajstić information content (AvgIpc) is 2.91. The van der Waals surface area contributed by atoms with E-state index in [0.29, 0.717) is 12.1 Å². The number of carbonyl (C=O) groups is 2. The lowest BCUT2D eigenvalue weighted by Crippen LogP contribution is -2.55. The SMILES string of the molecule is Cc1cncc(C(=O)N[C@@]23CCC[C@@](NC(=O)c4ncccc4F)(CC2)C3)n1. The summed E-state index contributed by atoms with van der Waals surface area (Å²) in [4.78, 5) is 37.4. The molecule has 28 heavy (non-hydrogen) atoms. The topological polar surface area (TPSA) is 96.9 Å². The summed E-state index contributed by atoms with van der Waals surface area (Å²) in [7, 11) is 0. The van der Waals surface area contributed by atoms with Gasteiger partial charge in [-0.05, 0) is 57.6 Å². The van der Waals surface area contributed by atoms with Crippen LogP contribution in [-0.4, -0.2) is 37.8 Å². The number of carbonyl (C=O) groups excluding carboxylic acids is 2. The standard InChI is InChI=1S/C20H22FN5O2/c1-13-10-22-11-15(24-13)17(27)25-19-5-3-6-20(12-19,8-7-19)26-18(28)16-14(21)4-2-9-23-16/h2,4,9-11H,3,5-8,12H2,1H3,(H,25,27)(H,26,28)/t19-,20+/m0/s1. The van der Waals surface area contributed by atoms with Gasteiger partial charge in [0.2, 0.25) is 0 Å². The van der Waals surface area contributed by atoms with Crippen molar-refractivity contribution in [2.75, 3.05) is 0 Å². The van der Waals surface area contributed by atoms with E-state index in [-0.39, 0.29) is 17.3 Å². The Balaban J connectivity index is 1.49. The molecular formula is C20H22FN5O2. The number of pyridine rings is 1.